The van der Waals surface area contributed by atoms with Crippen molar-refractivity contribution in [1.29, 1.82) is 0 Å². The lowest BCUT2D eigenvalue weighted by Crippen LogP contribution is -2.63. The van der Waals surface area contributed by atoms with E-state index >= 15 is 0 Å². The molecule has 0 bridgehead atoms. The number of imidazole rings is 1. The zero-order valence-electron chi connectivity index (χ0n) is 16.9. The van der Waals surface area contributed by atoms with Crippen LogP contribution in [0, 0.1) is 18.8 Å². The Balaban J connectivity index is 1.22. The summed E-state index contributed by atoms with van der Waals surface area (Å²) in [6.07, 6.45) is 9.66. The minimum atomic E-state index is -0.164. The molecular formula is C21H27N5O3. The van der Waals surface area contributed by atoms with Gasteiger partial charge in [-0.2, -0.15) is 0 Å². The smallest absolute Gasteiger partial charge is 0.230 e. The zero-order valence-corrected chi connectivity index (χ0v) is 16.9. The van der Waals surface area contributed by atoms with Gasteiger partial charge in [-0.15, -0.1) is 0 Å². The predicted octanol–water partition coefficient (Wildman–Crippen LogP) is 1.96. The van der Waals surface area contributed by atoms with Gasteiger partial charge in [-0.05, 0) is 18.8 Å². The number of carbonyl (C=O) groups is 2. The van der Waals surface area contributed by atoms with Crippen LogP contribution in [0.5, 0.6) is 0 Å². The lowest BCUT2D eigenvalue weighted by Gasteiger charge is -2.49. The van der Waals surface area contributed by atoms with Crippen LogP contribution >= 0.6 is 0 Å². The molecule has 1 saturated carbocycles. The molecule has 2 aromatic heterocycles. The molecule has 0 radical (unpaired) electrons. The largest absolute Gasteiger partial charge is 0.446 e. The lowest BCUT2D eigenvalue weighted by molar-refractivity contribution is -0.141. The Bertz CT molecular complexity index is 942. The van der Waals surface area contributed by atoms with Crippen molar-refractivity contribution in [1.82, 2.24) is 24.8 Å². The first-order chi connectivity index (χ1) is 14.0. The highest BCUT2D eigenvalue weighted by Gasteiger charge is 2.54. The van der Waals surface area contributed by atoms with Crippen LogP contribution in [0.1, 0.15) is 56.1 Å². The minimum absolute atomic E-state index is 0.0429. The maximum atomic E-state index is 12.6. The summed E-state index contributed by atoms with van der Waals surface area (Å²) < 4.78 is 7.59. The summed E-state index contributed by atoms with van der Waals surface area (Å²) in [5.74, 6) is 2.99. The highest BCUT2D eigenvalue weighted by Crippen LogP contribution is 2.46. The third kappa shape index (κ3) is 3.14. The molecule has 2 amide bonds. The number of carbonyl (C=O) groups excluding carboxylic acids is 2. The van der Waals surface area contributed by atoms with Crippen molar-refractivity contribution >= 4 is 11.8 Å². The van der Waals surface area contributed by atoms with Gasteiger partial charge in [-0.25, -0.2) is 9.97 Å². The average Bonchev–Trinajstić information content (AvgIpc) is 2.98. The van der Waals surface area contributed by atoms with E-state index in [9.17, 15) is 9.59 Å². The van der Waals surface area contributed by atoms with E-state index in [1.54, 1.807) is 19.3 Å². The quantitative estimate of drug-likeness (QED) is 0.804. The van der Waals surface area contributed by atoms with E-state index in [2.05, 4.69) is 26.8 Å². The van der Waals surface area contributed by atoms with Gasteiger partial charge in [0, 0.05) is 44.7 Å². The van der Waals surface area contributed by atoms with Gasteiger partial charge in [0.05, 0.1) is 24.2 Å². The Morgan fingerprint density at radius 3 is 2.90 bits per heavy atom. The number of rotatable bonds is 6. The van der Waals surface area contributed by atoms with Crippen molar-refractivity contribution in [3.63, 3.8) is 0 Å². The Hall–Kier alpha value is -2.64. The van der Waals surface area contributed by atoms with Gasteiger partial charge in [0.25, 0.3) is 0 Å². The van der Waals surface area contributed by atoms with E-state index in [0.29, 0.717) is 30.7 Å². The number of nitrogens with zero attached hydrogens (tertiary/aromatic N) is 4. The van der Waals surface area contributed by atoms with Crippen molar-refractivity contribution in [3.8, 4) is 0 Å². The third-order valence-electron chi connectivity index (χ3n) is 6.63. The van der Waals surface area contributed by atoms with Crippen molar-refractivity contribution in [2.45, 2.75) is 57.5 Å². The number of hydrogen-bond acceptors (Lipinski definition) is 5. The number of hydrogen-bond donors (Lipinski definition) is 1. The van der Waals surface area contributed by atoms with E-state index < -0.39 is 0 Å². The van der Waals surface area contributed by atoms with Crippen LogP contribution in [0.25, 0.3) is 0 Å². The van der Waals surface area contributed by atoms with E-state index in [1.165, 1.54) is 0 Å². The van der Waals surface area contributed by atoms with Crippen molar-refractivity contribution in [2.24, 2.45) is 11.8 Å². The molecule has 1 spiro atoms. The highest BCUT2D eigenvalue weighted by molar-refractivity contribution is 5.82. The monoisotopic (exact) mass is 397 g/mol. The topological polar surface area (TPSA) is 93.3 Å². The van der Waals surface area contributed by atoms with Gasteiger partial charge < -0.3 is 19.2 Å². The van der Waals surface area contributed by atoms with Crippen LogP contribution in [-0.4, -0.2) is 44.3 Å². The van der Waals surface area contributed by atoms with Crippen LogP contribution in [0.2, 0.25) is 0 Å². The lowest BCUT2D eigenvalue weighted by atomic mass is 9.85. The minimum Gasteiger partial charge on any atom is -0.446 e. The molecule has 2 fully saturated rings. The fourth-order valence-electron chi connectivity index (χ4n) is 5.07. The Kier molecular flexibility index (Phi) is 4.26. The summed E-state index contributed by atoms with van der Waals surface area (Å²) in [5, 5.41) is 3.23. The van der Waals surface area contributed by atoms with Gasteiger partial charge in [0.2, 0.25) is 11.8 Å². The molecule has 1 saturated heterocycles. The van der Waals surface area contributed by atoms with Crippen LogP contribution in [-0.2, 0) is 21.5 Å². The molecule has 0 aromatic carbocycles. The summed E-state index contributed by atoms with van der Waals surface area (Å²) in [6, 6.07) is -0.0745. The molecule has 5 rings (SSSR count). The fraction of sp³-hybridized carbons (Fsp3) is 0.619. The Morgan fingerprint density at radius 2 is 2.17 bits per heavy atom. The molecule has 1 aliphatic carbocycles. The molecular weight excluding hydrogens is 370 g/mol. The van der Waals surface area contributed by atoms with Crippen LogP contribution in [0.15, 0.2) is 23.0 Å². The second-order valence-corrected chi connectivity index (χ2v) is 8.81. The first kappa shape index (κ1) is 18.4. The predicted molar refractivity (Wildman–Crippen MR) is 104 cm³/mol. The van der Waals surface area contributed by atoms with Crippen LogP contribution < -0.4 is 5.32 Å². The first-order valence-electron chi connectivity index (χ1n) is 10.5. The fourth-order valence-corrected chi connectivity index (χ4v) is 5.07. The second kappa shape index (κ2) is 6.71. The van der Waals surface area contributed by atoms with Crippen molar-refractivity contribution in [3.05, 3.63) is 36.1 Å². The number of nitrogens with one attached hydrogen (secondary N) is 1. The third-order valence-corrected chi connectivity index (χ3v) is 6.63. The average molecular weight is 397 g/mol. The number of likely N-dealkylation sites (tertiary alicyclic amines) is 1. The van der Waals surface area contributed by atoms with E-state index in [4.69, 9.17) is 4.42 Å². The normalized spacial score (nSPS) is 26.3. The number of amides is 2. The molecule has 154 valence electrons. The first-order valence-corrected chi connectivity index (χ1v) is 10.5. The Morgan fingerprint density at radius 1 is 1.34 bits per heavy atom. The molecule has 3 aliphatic rings. The molecule has 4 heterocycles. The van der Waals surface area contributed by atoms with E-state index in [1.807, 2.05) is 11.1 Å². The van der Waals surface area contributed by atoms with Crippen molar-refractivity contribution < 1.29 is 14.0 Å². The van der Waals surface area contributed by atoms with E-state index in [0.717, 1.165) is 31.5 Å². The number of aromatic nitrogens is 3. The highest BCUT2D eigenvalue weighted by atomic mass is 16.4. The molecule has 8 heteroatoms. The molecule has 29 heavy (non-hydrogen) atoms. The zero-order chi connectivity index (χ0) is 20.2. The molecule has 1 N–H and O–H groups in total. The van der Waals surface area contributed by atoms with Crippen molar-refractivity contribution in [2.75, 3.05) is 13.1 Å². The van der Waals surface area contributed by atoms with Gasteiger partial charge in [0.15, 0.2) is 5.89 Å². The maximum absolute atomic E-state index is 12.6. The summed E-state index contributed by atoms with van der Waals surface area (Å²) >= 11 is 0. The van der Waals surface area contributed by atoms with E-state index in [-0.39, 0.29) is 35.7 Å². The van der Waals surface area contributed by atoms with Crippen LogP contribution in [0.3, 0.4) is 0 Å². The van der Waals surface area contributed by atoms with Gasteiger partial charge in [0.1, 0.15) is 11.6 Å². The number of oxazole rings is 1. The molecule has 2 aliphatic heterocycles. The van der Waals surface area contributed by atoms with Gasteiger partial charge in [-0.1, -0.05) is 13.3 Å². The number of fused-ring (bicyclic) bond motifs is 2. The van der Waals surface area contributed by atoms with Crippen LogP contribution in [0.4, 0.5) is 0 Å². The second-order valence-electron chi connectivity index (χ2n) is 8.81. The summed E-state index contributed by atoms with van der Waals surface area (Å²) in [7, 11) is 0. The summed E-state index contributed by atoms with van der Waals surface area (Å²) in [6.45, 7) is 5.21. The molecule has 1 unspecified atom stereocenters. The molecule has 8 nitrogen and oxygen atoms in total. The SMILES string of the molecule is CCC[C@@H]1C[C@H]1C(=O)NC1CC2(CN(C(=O)Cc3cnc(C)o3)C2)n2ccnc21. The maximum Gasteiger partial charge on any atom is 0.230 e. The number of aryl methyl sites for hydroxylation is 1. The molecule has 2 aromatic rings. The van der Waals surface area contributed by atoms with Gasteiger partial charge >= 0.3 is 0 Å². The standard InChI is InChI=1S/C21H27N5O3/c1-3-4-14-7-16(14)20(28)24-17-9-21(26-6-5-22-19(17)26)11-25(12-21)18(27)8-15-10-23-13(2)29-15/h5-6,10,14,16-17H,3-4,7-9,11-12H2,1-2H3,(H,24,28)/t14-,16-,17?/m1/s1. The Labute approximate surface area is 169 Å². The molecule has 3 atom stereocenters. The van der Waals surface area contributed by atoms with Gasteiger partial charge in [-0.3, -0.25) is 9.59 Å². The summed E-state index contributed by atoms with van der Waals surface area (Å²) in [4.78, 5) is 35.6. The summed E-state index contributed by atoms with van der Waals surface area (Å²) in [5.41, 5.74) is -0.164.